The Kier molecular flexibility index (Phi) is 7.31. The van der Waals surface area contributed by atoms with Crippen LogP contribution < -0.4 is 10.2 Å². The lowest BCUT2D eigenvalue weighted by atomic mass is 10.1. The monoisotopic (exact) mass is 455 g/mol. The van der Waals surface area contributed by atoms with Crippen LogP contribution in [0.25, 0.3) is 21.8 Å². The van der Waals surface area contributed by atoms with E-state index in [1.54, 1.807) is 4.90 Å². The maximum atomic E-state index is 13.4. The number of nitrogens with one attached hydrogen (secondary N) is 1. The topological polar surface area (TPSA) is 54.3 Å². The third kappa shape index (κ3) is 5.14. The van der Waals surface area contributed by atoms with Gasteiger partial charge in [0.2, 0.25) is 11.8 Å². The van der Waals surface area contributed by atoms with Crippen molar-refractivity contribution in [2.24, 2.45) is 5.92 Å². The summed E-state index contributed by atoms with van der Waals surface area (Å²) in [6, 6.07) is 24.5. The SMILES string of the molecule is CCn1c2ccccc2c2cc(N(Cc3ccccc3)C(=O)CNC(=O)CCC(C)C)ccc21. The molecule has 1 heterocycles. The molecule has 0 aliphatic rings. The quantitative estimate of drug-likeness (QED) is 0.342. The minimum absolute atomic E-state index is 0.0154. The zero-order valence-corrected chi connectivity index (χ0v) is 20.3. The number of anilines is 1. The van der Waals surface area contributed by atoms with Crippen molar-refractivity contribution < 1.29 is 9.59 Å². The molecule has 1 N–H and O–H groups in total. The second kappa shape index (κ2) is 10.6. The molecule has 0 atom stereocenters. The van der Waals surface area contributed by atoms with Crippen molar-refractivity contribution in [1.29, 1.82) is 0 Å². The molecule has 1 aromatic heterocycles. The molecule has 0 saturated heterocycles. The van der Waals surface area contributed by atoms with Gasteiger partial charge < -0.3 is 14.8 Å². The van der Waals surface area contributed by atoms with Crippen LogP contribution >= 0.6 is 0 Å². The Morgan fingerprint density at radius 1 is 0.912 bits per heavy atom. The molecule has 0 aliphatic heterocycles. The normalized spacial score (nSPS) is 11.3. The highest BCUT2D eigenvalue weighted by molar-refractivity contribution is 6.10. The summed E-state index contributed by atoms with van der Waals surface area (Å²) in [7, 11) is 0. The lowest BCUT2D eigenvalue weighted by Crippen LogP contribution is -2.40. The number of carbonyl (C=O) groups excluding carboxylic acids is 2. The Bertz CT molecular complexity index is 1290. The molecule has 0 fully saturated rings. The molecule has 0 radical (unpaired) electrons. The van der Waals surface area contributed by atoms with E-state index < -0.39 is 0 Å². The minimum atomic E-state index is -0.125. The summed E-state index contributed by atoms with van der Waals surface area (Å²) in [5, 5.41) is 5.12. The fourth-order valence-corrected chi connectivity index (χ4v) is 4.42. The van der Waals surface area contributed by atoms with Gasteiger partial charge in [-0.2, -0.15) is 0 Å². The number of nitrogens with zero attached hydrogens (tertiary/aromatic N) is 2. The summed E-state index contributed by atoms with van der Waals surface area (Å²) in [6.45, 7) is 7.63. The van der Waals surface area contributed by atoms with Gasteiger partial charge in [-0.15, -0.1) is 0 Å². The van der Waals surface area contributed by atoms with Crippen LogP contribution in [0.2, 0.25) is 0 Å². The van der Waals surface area contributed by atoms with Gasteiger partial charge in [0.1, 0.15) is 0 Å². The first kappa shape index (κ1) is 23.6. The van der Waals surface area contributed by atoms with Gasteiger partial charge in [-0.05, 0) is 49.1 Å². The average molecular weight is 456 g/mol. The number of hydrogen-bond donors (Lipinski definition) is 1. The smallest absolute Gasteiger partial charge is 0.246 e. The van der Waals surface area contributed by atoms with E-state index in [4.69, 9.17) is 0 Å². The van der Waals surface area contributed by atoms with Crippen LogP contribution in [-0.2, 0) is 22.7 Å². The number of hydrogen-bond acceptors (Lipinski definition) is 2. The Labute approximate surface area is 201 Å². The molecule has 4 aromatic rings. The Morgan fingerprint density at radius 3 is 2.35 bits per heavy atom. The largest absolute Gasteiger partial charge is 0.347 e. The zero-order chi connectivity index (χ0) is 24.1. The van der Waals surface area contributed by atoms with Gasteiger partial charge in [0.25, 0.3) is 0 Å². The van der Waals surface area contributed by atoms with Crippen LogP contribution in [0.4, 0.5) is 5.69 Å². The van der Waals surface area contributed by atoms with Crippen molar-refractivity contribution in [1.82, 2.24) is 9.88 Å². The van der Waals surface area contributed by atoms with E-state index in [1.807, 2.05) is 42.5 Å². The second-order valence-corrected chi connectivity index (χ2v) is 9.14. The zero-order valence-electron chi connectivity index (χ0n) is 20.3. The predicted molar refractivity (Wildman–Crippen MR) is 140 cm³/mol. The third-order valence-electron chi connectivity index (χ3n) is 6.25. The maximum absolute atomic E-state index is 13.4. The van der Waals surface area contributed by atoms with Crippen LogP contribution in [0.5, 0.6) is 0 Å². The molecule has 0 saturated carbocycles. The standard InChI is InChI=1S/C29H33N3O2/c1-4-31-26-13-9-8-12-24(26)25-18-23(15-16-27(25)31)32(20-22-10-6-5-7-11-22)29(34)19-30-28(33)17-14-21(2)3/h5-13,15-16,18,21H,4,14,17,19-20H2,1-3H3,(H,30,33). The number of rotatable bonds is 9. The van der Waals surface area contributed by atoms with Crippen molar-refractivity contribution in [3.8, 4) is 0 Å². The number of para-hydroxylation sites is 1. The van der Waals surface area contributed by atoms with Gasteiger partial charge in [0, 0.05) is 40.5 Å². The molecule has 3 aromatic carbocycles. The first-order chi connectivity index (χ1) is 16.5. The number of aryl methyl sites for hydroxylation is 1. The number of amides is 2. The summed E-state index contributed by atoms with van der Waals surface area (Å²) in [5.74, 6) is 0.247. The van der Waals surface area contributed by atoms with Crippen LogP contribution in [0.3, 0.4) is 0 Å². The fraction of sp³-hybridized carbons (Fsp3) is 0.310. The molecule has 0 spiro atoms. The van der Waals surface area contributed by atoms with Crippen molar-refractivity contribution in [3.63, 3.8) is 0 Å². The van der Waals surface area contributed by atoms with Gasteiger partial charge in [0.05, 0.1) is 13.1 Å². The van der Waals surface area contributed by atoms with Crippen molar-refractivity contribution >= 4 is 39.3 Å². The van der Waals surface area contributed by atoms with Crippen molar-refractivity contribution in [2.75, 3.05) is 11.4 Å². The lowest BCUT2D eigenvalue weighted by Gasteiger charge is -2.24. The molecule has 0 aliphatic carbocycles. The van der Waals surface area contributed by atoms with E-state index in [-0.39, 0.29) is 18.4 Å². The molecule has 0 bridgehead atoms. The highest BCUT2D eigenvalue weighted by Gasteiger charge is 2.19. The summed E-state index contributed by atoms with van der Waals surface area (Å²) >= 11 is 0. The Hall–Kier alpha value is -3.60. The molecular weight excluding hydrogens is 422 g/mol. The van der Waals surface area contributed by atoms with E-state index in [2.05, 4.69) is 61.0 Å². The molecule has 0 unspecified atom stereocenters. The first-order valence-electron chi connectivity index (χ1n) is 12.1. The van der Waals surface area contributed by atoms with Crippen molar-refractivity contribution in [2.45, 2.75) is 46.7 Å². The molecule has 4 rings (SSSR count). The minimum Gasteiger partial charge on any atom is -0.347 e. The highest BCUT2D eigenvalue weighted by atomic mass is 16.2. The molecule has 2 amide bonds. The highest BCUT2D eigenvalue weighted by Crippen LogP contribution is 2.32. The second-order valence-electron chi connectivity index (χ2n) is 9.14. The van der Waals surface area contributed by atoms with Gasteiger partial charge in [-0.1, -0.05) is 62.4 Å². The summed E-state index contributed by atoms with van der Waals surface area (Å²) < 4.78 is 2.30. The lowest BCUT2D eigenvalue weighted by molar-refractivity contribution is -0.125. The van der Waals surface area contributed by atoms with E-state index >= 15 is 0 Å². The van der Waals surface area contributed by atoms with E-state index in [1.165, 1.54) is 10.9 Å². The molecule has 5 heteroatoms. The van der Waals surface area contributed by atoms with E-state index in [0.29, 0.717) is 18.9 Å². The average Bonchev–Trinajstić information content (AvgIpc) is 3.18. The predicted octanol–water partition coefficient (Wildman–Crippen LogP) is 5.90. The van der Waals surface area contributed by atoms with Gasteiger partial charge in [0.15, 0.2) is 0 Å². The summed E-state index contributed by atoms with van der Waals surface area (Å²) in [6.07, 6.45) is 1.25. The van der Waals surface area contributed by atoms with Gasteiger partial charge in [-0.25, -0.2) is 0 Å². The van der Waals surface area contributed by atoms with Gasteiger partial charge >= 0.3 is 0 Å². The number of aromatic nitrogens is 1. The van der Waals surface area contributed by atoms with Gasteiger partial charge in [-0.3, -0.25) is 9.59 Å². The van der Waals surface area contributed by atoms with Crippen LogP contribution in [0.15, 0.2) is 72.8 Å². The Morgan fingerprint density at radius 2 is 1.62 bits per heavy atom. The summed E-state index contributed by atoms with van der Waals surface area (Å²) in [5.41, 5.74) is 4.21. The Balaban J connectivity index is 1.66. The number of carbonyl (C=O) groups is 2. The number of benzene rings is 3. The van der Waals surface area contributed by atoms with E-state index in [9.17, 15) is 9.59 Å². The van der Waals surface area contributed by atoms with Crippen molar-refractivity contribution in [3.05, 3.63) is 78.4 Å². The molecular formula is C29H33N3O2. The molecule has 176 valence electrons. The molecule has 5 nitrogen and oxygen atoms in total. The van der Waals surface area contributed by atoms with Crippen LogP contribution in [-0.4, -0.2) is 22.9 Å². The van der Waals surface area contributed by atoms with Crippen LogP contribution in [0.1, 0.15) is 39.2 Å². The fourth-order valence-electron chi connectivity index (χ4n) is 4.42. The maximum Gasteiger partial charge on any atom is 0.246 e. The van der Waals surface area contributed by atoms with Crippen LogP contribution in [0, 0.1) is 5.92 Å². The molecule has 34 heavy (non-hydrogen) atoms. The third-order valence-corrected chi connectivity index (χ3v) is 6.25. The summed E-state index contributed by atoms with van der Waals surface area (Å²) in [4.78, 5) is 27.4. The number of fused-ring (bicyclic) bond motifs is 3. The first-order valence-corrected chi connectivity index (χ1v) is 12.1. The van der Waals surface area contributed by atoms with E-state index in [0.717, 1.165) is 35.1 Å².